The third-order valence-electron chi connectivity index (χ3n) is 4.97. The van der Waals surface area contributed by atoms with Gasteiger partial charge in [-0.25, -0.2) is 16.8 Å². The van der Waals surface area contributed by atoms with Crippen LogP contribution in [0.5, 0.6) is 0 Å². The maximum absolute atomic E-state index is 13.2. The predicted molar refractivity (Wildman–Crippen MR) is 105 cm³/mol. The molecular formula is C19H23NO5S2. The van der Waals surface area contributed by atoms with Crippen LogP contribution in [0.25, 0.3) is 0 Å². The summed E-state index contributed by atoms with van der Waals surface area (Å²) in [6, 6.07) is 15.3. The average Bonchev–Trinajstić information content (AvgIpc) is 2.67. The predicted octanol–water partition coefficient (Wildman–Crippen LogP) is 1.64. The number of nitrogens with zero attached hydrogens (tertiary/aromatic N) is 1. The second-order valence-electron chi connectivity index (χ2n) is 6.90. The summed E-state index contributed by atoms with van der Waals surface area (Å²) >= 11 is 0. The Morgan fingerprint density at radius 2 is 1.52 bits per heavy atom. The van der Waals surface area contributed by atoms with Gasteiger partial charge in [0.2, 0.25) is 0 Å². The van der Waals surface area contributed by atoms with Gasteiger partial charge in [-0.05, 0) is 36.2 Å². The van der Waals surface area contributed by atoms with Crippen molar-refractivity contribution in [3.05, 3.63) is 60.2 Å². The van der Waals surface area contributed by atoms with Crippen molar-refractivity contribution in [3.63, 3.8) is 0 Å². The van der Waals surface area contributed by atoms with E-state index in [1.807, 2.05) is 35.2 Å². The Hall–Kier alpha value is -1.90. The van der Waals surface area contributed by atoms with Gasteiger partial charge in [0.25, 0.3) is 0 Å². The summed E-state index contributed by atoms with van der Waals surface area (Å²) in [6.07, 6.45) is 1.23. The molecule has 1 fully saturated rings. The summed E-state index contributed by atoms with van der Waals surface area (Å²) < 4.78 is 50.7. The van der Waals surface area contributed by atoms with Crippen molar-refractivity contribution >= 4 is 25.4 Å². The van der Waals surface area contributed by atoms with Gasteiger partial charge < -0.3 is 10.0 Å². The number of rotatable bonds is 5. The van der Waals surface area contributed by atoms with E-state index in [0.29, 0.717) is 5.56 Å². The Morgan fingerprint density at radius 3 is 2.07 bits per heavy atom. The summed E-state index contributed by atoms with van der Waals surface area (Å²) in [5.41, 5.74) is 1.43. The first-order valence-corrected chi connectivity index (χ1v) is 12.1. The second kappa shape index (κ2) is 7.61. The van der Waals surface area contributed by atoms with E-state index in [9.17, 15) is 16.8 Å². The molecule has 146 valence electrons. The molecule has 6 nitrogen and oxygen atoms in total. The molecule has 0 aromatic heterocycles. The van der Waals surface area contributed by atoms with Crippen molar-refractivity contribution in [2.24, 2.45) is 0 Å². The minimum Gasteiger partial charge on any atom is -0.392 e. The molecule has 2 aromatic rings. The van der Waals surface area contributed by atoms with Crippen LogP contribution < -0.4 is 4.90 Å². The van der Waals surface area contributed by atoms with Gasteiger partial charge >= 0.3 is 0 Å². The summed E-state index contributed by atoms with van der Waals surface area (Å²) in [7, 11) is -7.10. The van der Waals surface area contributed by atoms with Gasteiger partial charge in [-0.3, -0.25) is 0 Å². The summed E-state index contributed by atoms with van der Waals surface area (Å²) in [6.45, 7) is 0.347. The third-order valence-corrected chi connectivity index (χ3v) is 8.67. The quantitative estimate of drug-likeness (QED) is 0.807. The van der Waals surface area contributed by atoms with Crippen LogP contribution >= 0.6 is 0 Å². The Labute approximate surface area is 160 Å². The van der Waals surface area contributed by atoms with Gasteiger partial charge in [0.1, 0.15) is 0 Å². The molecule has 1 aliphatic heterocycles. The molecule has 8 heteroatoms. The van der Waals surface area contributed by atoms with E-state index in [1.54, 1.807) is 12.1 Å². The first-order valence-electron chi connectivity index (χ1n) is 8.64. The van der Waals surface area contributed by atoms with Gasteiger partial charge in [0.15, 0.2) is 19.7 Å². The average molecular weight is 410 g/mol. The zero-order valence-corrected chi connectivity index (χ0v) is 16.7. The molecule has 1 aliphatic rings. The number of hydrogen-bond donors (Lipinski definition) is 1. The van der Waals surface area contributed by atoms with Crippen LogP contribution in [0.3, 0.4) is 0 Å². The SMILES string of the molecule is CS(=O)(=O)[C@@H]1C[C@H](S(=O)(=O)c2ccc(CO)cc2)CN(c2ccccc2)C1. The lowest BCUT2D eigenvalue weighted by Gasteiger charge is -2.38. The number of piperidine rings is 1. The van der Waals surface area contributed by atoms with Gasteiger partial charge in [-0.15, -0.1) is 0 Å². The minimum absolute atomic E-state index is 0.0756. The first kappa shape index (κ1) is 19.9. The number of benzene rings is 2. The van der Waals surface area contributed by atoms with E-state index in [1.165, 1.54) is 12.1 Å². The largest absolute Gasteiger partial charge is 0.392 e. The normalized spacial score (nSPS) is 21.2. The van der Waals surface area contributed by atoms with E-state index in [-0.39, 0.29) is 31.0 Å². The molecule has 1 heterocycles. The Balaban J connectivity index is 1.96. The summed E-state index contributed by atoms with van der Waals surface area (Å²) in [5, 5.41) is 7.57. The molecule has 27 heavy (non-hydrogen) atoms. The van der Waals surface area contributed by atoms with Crippen LogP contribution in [0.4, 0.5) is 5.69 Å². The van der Waals surface area contributed by atoms with Crippen molar-refractivity contribution < 1.29 is 21.9 Å². The second-order valence-corrected chi connectivity index (χ2v) is 11.5. The number of aliphatic hydroxyl groups excluding tert-OH is 1. The van der Waals surface area contributed by atoms with Crippen molar-refractivity contribution in [2.45, 2.75) is 28.4 Å². The molecule has 1 N–H and O–H groups in total. The maximum atomic E-state index is 13.2. The summed E-state index contributed by atoms with van der Waals surface area (Å²) in [5.74, 6) is 0. The molecule has 2 atom stereocenters. The van der Waals surface area contributed by atoms with Crippen LogP contribution in [0.15, 0.2) is 59.5 Å². The number of anilines is 1. The molecule has 0 bridgehead atoms. The topological polar surface area (TPSA) is 91.8 Å². The molecule has 2 aromatic carbocycles. The van der Waals surface area contributed by atoms with E-state index >= 15 is 0 Å². The monoisotopic (exact) mass is 409 g/mol. The highest BCUT2D eigenvalue weighted by Gasteiger charge is 2.40. The fraction of sp³-hybridized carbons (Fsp3) is 0.368. The number of sulfone groups is 2. The van der Waals surface area contributed by atoms with E-state index < -0.39 is 30.2 Å². The fourth-order valence-electron chi connectivity index (χ4n) is 3.37. The lowest BCUT2D eigenvalue weighted by Crippen LogP contribution is -2.51. The molecule has 0 saturated carbocycles. The lowest BCUT2D eigenvalue weighted by molar-refractivity contribution is 0.282. The van der Waals surface area contributed by atoms with Crippen molar-refractivity contribution in [3.8, 4) is 0 Å². The van der Waals surface area contributed by atoms with Gasteiger partial charge in [0.05, 0.1) is 22.0 Å². The van der Waals surface area contributed by atoms with Crippen molar-refractivity contribution in [2.75, 3.05) is 24.2 Å². The lowest BCUT2D eigenvalue weighted by atomic mass is 10.1. The number of para-hydroxylation sites is 1. The van der Waals surface area contributed by atoms with Crippen molar-refractivity contribution in [1.82, 2.24) is 0 Å². The molecule has 0 radical (unpaired) electrons. The van der Waals surface area contributed by atoms with E-state index in [4.69, 9.17) is 5.11 Å². The number of aliphatic hydroxyl groups is 1. The van der Waals surface area contributed by atoms with Crippen LogP contribution in [0.1, 0.15) is 12.0 Å². The molecular weight excluding hydrogens is 386 g/mol. The van der Waals surface area contributed by atoms with Crippen LogP contribution in [0.2, 0.25) is 0 Å². The molecule has 0 spiro atoms. The Kier molecular flexibility index (Phi) is 5.60. The number of hydrogen-bond acceptors (Lipinski definition) is 6. The smallest absolute Gasteiger partial charge is 0.183 e. The van der Waals surface area contributed by atoms with E-state index in [0.717, 1.165) is 11.9 Å². The highest BCUT2D eigenvalue weighted by Crippen LogP contribution is 2.29. The minimum atomic E-state index is -3.71. The first-order chi connectivity index (χ1) is 12.7. The summed E-state index contributed by atoms with van der Waals surface area (Å²) in [4.78, 5) is 1.98. The third kappa shape index (κ3) is 4.34. The Morgan fingerprint density at radius 1 is 0.926 bits per heavy atom. The van der Waals surface area contributed by atoms with Crippen LogP contribution in [-0.4, -0.2) is 51.8 Å². The zero-order valence-electron chi connectivity index (χ0n) is 15.0. The molecule has 3 rings (SSSR count). The van der Waals surface area contributed by atoms with Gasteiger partial charge in [-0.1, -0.05) is 30.3 Å². The van der Waals surface area contributed by atoms with Gasteiger partial charge in [0, 0.05) is 25.0 Å². The van der Waals surface area contributed by atoms with Gasteiger partial charge in [-0.2, -0.15) is 0 Å². The van der Waals surface area contributed by atoms with Crippen LogP contribution in [0, 0.1) is 0 Å². The zero-order chi connectivity index (χ0) is 19.7. The maximum Gasteiger partial charge on any atom is 0.183 e. The standard InChI is InChI=1S/C19H23NO5S2/c1-26(22,23)18-11-19(13-20(12-18)16-5-3-2-4-6-16)27(24,25)17-9-7-15(14-21)8-10-17/h2-10,18-19,21H,11-14H2,1H3/t18-,19+/m1/s1. The molecule has 1 saturated heterocycles. The molecule has 0 unspecified atom stereocenters. The van der Waals surface area contributed by atoms with Crippen LogP contribution in [-0.2, 0) is 26.3 Å². The molecule has 0 amide bonds. The fourth-order valence-corrected chi connectivity index (χ4v) is 6.29. The molecule has 0 aliphatic carbocycles. The highest BCUT2D eigenvalue weighted by atomic mass is 32.2. The van der Waals surface area contributed by atoms with E-state index in [2.05, 4.69) is 0 Å². The highest BCUT2D eigenvalue weighted by molar-refractivity contribution is 7.92. The Bertz CT molecular complexity index is 986. The van der Waals surface area contributed by atoms with Crippen molar-refractivity contribution in [1.29, 1.82) is 0 Å².